The first-order chi connectivity index (χ1) is 9.52. The first-order valence-electron chi connectivity index (χ1n) is 6.70. The standard InChI is InChI=1S/C17H21NO2/c1-11-8-9-14(12(2)10-11)20-16-7-5-6-15(19-4)17(16)13(3)18/h5-10,13H,18H2,1-4H3/t13-/m0/s1. The number of benzene rings is 2. The van der Waals surface area contributed by atoms with Gasteiger partial charge in [0.25, 0.3) is 0 Å². The van der Waals surface area contributed by atoms with Crippen LogP contribution in [0.4, 0.5) is 0 Å². The van der Waals surface area contributed by atoms with Gasteiger partial charge in [-0.05, 0) is 44.5 Å². The molecule has 0 spiro atoms. The average molecular weight is 271 g/mol. The third-order valence-corrected chi connectivity index (χ3v) is 3.25. The van der Waals surface area contributed by atoms with Crippen molar-refractivity contribution in [3.05, 3.63) is 53.1 Å². The normalized spacial score (nSPS) is 12.1. The van der Waals surface area contributed by atoms with Crippen LogP contribution in [0.1, 0.15) is 29.7 Å². The molecule has 2 rings (SSSR count). The quantitative estimate of drug-likeness (QED) is 0.909. The second kappa shape index (κ2) is 5.97. The number of hydrogen-bond donors (Lipinski definition) is 1. The Balaban J connectivity index is 2.43. The van der Waals surface area contributed by atoms with Gasteiger partial charge in [0.2, 0.25) is 0 Å². The smallest absolute Gasteiger partial charge is 0.135 e. The van der Waals surface area contributed by atoms with E-state index in [1.807, 2.05) is 44.2 Å². The summed E-state index contributed by atoms with van der Waals surface area (Å²) in [7, 11) is 1.64. The molecule has 0 radical (unpaired) electrons. The van der Waals surface area contributed by atoms with Crippen molar-refractivity contribution in [2.75, 3.05) is 7.11 Å². The van der Waals surface area contributed by atoms with Crippen LogP contribution in [0.15, 0.2) is 36.4 Å². The van der Waals surface area contributed by atoms with Gasteiger partial charge in [0, 0.05) is 6.04 Å². The van der Waals surface area contributed by atoms with Gasteiger partial charge in [-0.15, -0.1) is 0 Å². The van der Waals surface area contributed by atoms with E-state index in [4.69, 9.17) is 15.2 Å². The van der Waals surface area contributed by atoms with Crippen molar-refractivity contribution in [2.45, 2.75) is 26.8 Å². The lowest BCUT2D eigenvalue weighted by molar-refractivity contribution is 0.397. The third-order valence-electron chi connectivity index (χ3n) is 3.25. The van der Waals surface area contributed by atoms with E-state index in [1.165, 1.54) is 5.56 Å². The Morgan fingerprint density at radius 2 is 1.70 bits per heavy atom. The second-order valence-corrected chi connectivity index (χ2v) is 5.03. The summed E-state index contributed by atoms with van der Waals surface area (Å²) in [4.78, 5) is 0. The zero-order valence-corrected chi connectivity index (χ0v) is 12.4. The molecule has 2 aromatic carbocycles. The fourth-order valence-corrected chi connectivity index (χ4v) is 2.27. The Hall–Kier alpha value is -2.00. The molecule has 0 aliphatic rings. The predicted octanol–water partition coefficient (Wildman–Crippen LogP) is 4.12. The maximum atomic E-state index is 6.05. The minimum Gasteiger partial charge on any atom is -0.496 e. The molecule has 3 nitrogen and oxygen atoms in total. The first kappa shape index (κ1) is 14.4. The van der Waals surface area contributed by atoms with Gasteiger partial charge in [-0.2, -0.15) is 0 Å². The summed E-state index contributed by atoms with van der Waals surface area (Å²) in [5.41, 5.74) is 9.25. The van der Waals surface area contributed by atoms with Gasteiger partial charge in [-0.25, -0.2) is 0 Å². The average Bonchev–Trinajstić information content (AvgIpc) is 2.41. The van der Waals surface area contributed by atoms with Gasteiger partial charge in [-0.1, -0.05) is 23.8 Å². The van der Waals surface area contributed by atoms with Crippen molar-refractivity contribution in [1.82, 2.24) is 0 Å². The molecule has 2 N–H and O–H groups in total. The Morgan fingerprint density at radius 3 is 2.30 bits per heavy atom. The number of nitrogens with two attached hydrogens (primary N) is 1. The maximum Gasteiger partial charge on any atom is 0.135 e. The van der Waals surface area contributed by atoms with E-state index >= 15 is 0 Å². The van der Waals surface area contributed by atoms with Crippen LogP contribution >= 0.6 is 0 Å². The van der Waals surface area contributed by atoms with Crippen molar-refractivity contribution in [3.8, 4) is 17.2 Å². The maximum absolute atomic E-state index is 6.05. The van der Waals surface area contributed by atoms with Crippen LogP contribution in [0.2, 0.25) is 0 Å². The van der Waals surface area contributed by atoms with Gasteiger partial charge in [0.05, 0.1) is 12.7 Å². The first-order valence-corrected chi connectivity index (χ1v) is 6.70. The van der Waals surface area contributed by atoms with Crippen molar-refractivity contribution in [1.29, 1.82) is 0 Å². The number of hydrogen-bond acceptors (Lipinski definition) is 3. The number of rotatable bonds is 4. The van der Waals surface area contributed by atoms with Crippen molar-refractivity contribution >= 4 is 0 Å². The van der Waals surface area contributed by atoms with Crippen LogP contribution < -0.4 is 15.2 Å². The predicted molar refractivity (Wildman–Crippen MR) is 81.6 cm³/mol. The Kier molecular flexibility index (Phi) is 4.30. The Bertz CT molecular complexity index is 606. The summed E-state index contributed by atoms with van der Waals surface area (Å²) >= 11 is 0. The largest absolute Gasteiger partial charge is 0.496 e. The van der Waals surface area contributed by atoms with Gasteiger partial charge < -0.3 is 15.2 Å². The van der Waals surface area contributed by atoms with E-state index in [1.54, 1.807) is 7.11 Å². The molecule has 3 heteroatoms. The van der Waals surface area contributed by atoms with E-state index in [0.717, 1.165) is 28.4 Å². The topological polar surface area (TPSA) is 44.5 Å². The Morgan fingerprint density at radius 1 is 1.00 bits per heavy atom. The van der Waals surface area contributed by atoms with Crippen LogP contribution in [0.25, 0.3) is 0 Å². The van der Waals surface area contributed by atoms with Crippen LogP contribution in [0, 0.1) is 13.8 Å². The van der Waals surface area contributed by atoms with Crippen LogP contribution in [-0.2, 0) is 0 Å². The van der Waals surface area contributed by atoms with E-state index in [2.05, 4.69) is 13.0 Å². The molecule has 0 saturated heterocycles. The molecule has 0 aliphatic heterocycles. The van der Waals surface area contributed by atoms with Crippen molar-refractivity contribution in [2.24, 2.45) is 5.73 Å². The van der Waals surface area contributed by atoms with Crippen molar-refractivity contribution < 1.29 is 9.47 Å². The fraction of sp³-hybridized carbons (Fsp3) is 0.294. The highest BCUT2D eigenvalue weighted by atomic mass is 16.5. The van der Waals surface area contributed by atoms with Crippen LogP contribution in [0.5, 0.6) is 17.2 Å². The zero-order valence-electron chi connectivity index (χ0n) is 12.4. The van der Waals surface area contributed by atoms with E-state index < -0.39 is 0 Å². The summed E-state index contributed by atoms with van der Waals surface area (Å²) in [6.07, 6.45) is 0. The fourth-order valence-electron chi connectivity index (χ4n) is 2.27. The lowest BCUT2D eigenvalue weighted by Gasteiger charge is -2.18. The monoisotopic (exact) mass is 271 g/mol. The molecule has 0 saturated carbocycles. The molecular weight excluding hydrogens is 250 g/mol. The molecule has 0 aliphatic carbocycles. The van der Waals surface area contributed by atoms with E-state index in [-0.39, 0.29) is 6.04 Å². The molecule has 1 atom stereocenters. The number of ether oxygens (including phenoxy) is 2. The SMILES string of the molecule is COc1cccc(Oc2ccc(C)cc2C)c1[C@H](C)N. The lowest BCUT2D eigenvalue weighted by atomic mass is 10.1. The minimum atomic E-state index is -0.160. The highest BCUT2D eigenvalue weighted by Crippen LogP contribution is 2.36. The summed E-state index contributed by atoms with van der Waals surface area (Å²) in [6.45, 7) is 6.02. The Labute approximate surface area is 120 Å². The summed E-state index contributed by atoms with van der Waals surface area (Å²) in [5.74, 6) is 2.33. The highest BCUT2D eigenvalue weighted by molar-refractivity contribution is 5.49. The minimum absolute atomic E-state index is 0.160. The summed E-state index contributed by atoms with van der Waals surface area (Å²) in [5, 5.41) is 0. The zero-order chi connectivity index (χ0) is 14.7. The highest BCUT2D eigenvalue weighted by Gasteiger charge is 2.15. The van der Waals surface area contributed by atoms with Gasteiger partial charge in [0.15, 0.2) is 0 Å². The molecule has 0 fully saturated rings. The van der Waals surface area contributed by atoms with Crippen LogP contribution in [-0.4, -0.2) is 7.11 Å². The van der Waals surface area contributed by atoms with Gasteiger partial charge >= 0.3 is 0 Å². The molecule has 2 aromatic rings. The van der Waals surface area contributed by atoms with E-state index in [0.29, 0.717) is 0 Å². The van der Waals surface area contributed by atoms with Gasteiger partial charge in [-0.3, -0.25) is 0 Å². The molecule has 0 amide bonds. The molecule has 20 heavy (non-hydrogen) atoms. The lowest BCUT2D eigenvalue weighted by Crippen LogP contribution is -2.08. The van der Waals surface area contributed by atoms with Crippen molar-refractivity contribution in [3.63, 3.8) is 0 Å². The molecule has 0 heterocycles. The molecule has 0 bridgehead atoms. The molecular formula is C17H21NO2. The molecule has 106 valence electrons. The third kappa shape index (κ3) is 2.94. The van der Waals surface area contributed by atoms with Gasteiger partial charge in [0.1, 0.15) is 17.2 Å². The number of aryl methyl sites for hydroxylation is 2. The second-order valence-electron chi connectivity index (χ2n) is 5.03. The van der Waals surface area contributed by atoms with E-state index in [9.17, 15) is 0 Å². The number of methoxy groups -OCH3 is 1. The van der Waals surface area contributed by atoms with Crippen LogP contribution in [0.3, 0.4) is 0 Å². The molecule has 0 aromatic heterocycles. The molecule has 0 unspecified atom stereocenters. The summed E-state index contributed by atoms with van der Waals surface area (Å²) in [6, 6.07) is 11.7. The summed E-state index contributed by atoms with van der Waals surface area (Å²) < 4.78 is 11.4.